The Labute approximate surface area is 208 Å². The Morgan fingerprint density at radius 3 is 2.09 bits per heavy atom. The lowest BCUT2D eigenvalue weighted by atomic mass is 9.75. The number of amides is 1. The van der Waals surface area contributed by atoms with Crippen molar-refractivity contribution >= 4 is 12.1 Å². The molecule has 1 amide bonds. The molecule has 0 aromatic heterocycles. The van der Waals surface area contributed by atoms with Crippen molar-refractivity contribution in [2.45, 2.75) is 71.1 Å². The van der Waals surface area contributed by atoms with Crippen LogP contribution in [-0.2, 0) is 14.3 Å². The Morgan fingerprint density at radius 2 is 1.51 bits per heavy atom. The van der Waals surface area contributed by atoms with Gasteiger partial charge in [-0.05, 0) is 59.3 Å². The predicted molar refractivity (Wildman–Crippen MR) is 135 cm³/mol. The smallest absolute Gasteiger partial charge is 0.407 e. The van der Waals surface area contributed by atoms with Gasteiger partial charge >= 0.3 is 12.1 Å². The molecular formula is C29H37NO5. The second-order valence-corrected chi connectivity index (χ2v) is 10.1. The van der Waals surface area contributed by atoms with Crippen molar-refractivity contribution in [2.75, 3.05) is 6.61 Å². The summed E-state index contributed by atoms with van der Waals surface area (Å²) in [6, 6.07) is 15.2. The van der Waals surface area contributed by atoms with E-state index < -0.39 is 18.1 Å². The fourth-order valence-corrected chi connectivity index (χ4v) is 5.80. The Kier molecular flexibility index (Phi) is 7.80. The van der Waals surface area contributed by atoms with Crippen LogP contribution in [0.15, 0.2) is 48.5 Å². The maximum Gasteiger partial charge on any atom is 0.407 e. The number of carbonyl (C=O) groups is 2. The van der Waals surface area contributed by atoms with Crippen molar-refractivity contribution < 1.29 is 24.2 Å². The molecule has 2 aromatic rings. The Bertz CT molecular complexity index is 1010. The Balaban J connectivity index is 1.35. The molecule has 188 valence electrons. The fourth-order valence-electron chi connectivity index (χ4n) is 5.80. The minimum atomic E-state index is -1.06. The van der Waals surface area contributed by atoms with Gasteiger partial charge in [0.1, 0.15) is 12.6 Å². The van der Waals surface area contributed by atoms with Gasteiger partial charge in [-0.15, -0.1) is 0 Å². The molecule has 2 unspecified atom stereocenters. The summed E-state index contributed by atoms with van der Waals surface area (Å²) in [4.78, 5) is 24.5. The van der Waals surface area contributed by atoms with Gasteiger partial charge in [0.2, 0.25) is 0 Å². The number of aliphatic carboxylic acids is 1. The first-order valence-corrected chi connectivity index (χ1v) is 12.8. The van der Waals surface area contributed by atoms with E-state index >= 15 is 0 Å². The van der Waals surface area contributed by atoms with Gasteiger partial charge in [-0.3, -0.25) is 0 Å². The second-order valence-electron chi connectivity index (χ2n) is 10.1. The summed E-state index contributed by atoms with van der Waals surface area (Å²) in [5, 5.41) is 12.3. The van der Waals surface area contributed by atoms with E-state index in [2.05, 4.69) is 57.3 Å². The third kappa shape index (κ3) is 5.22. The predicted octanol–water partition coefficient (Wildman–Crippen LogP) is 5.84. The molecule has 6 atom stereocenters. The molecule has 4 rings (SSSR count). The number of carbonyl (C=O) groups excluding carboxylic acids is 1. The monoisotopic (exact) mass is 479 g/mol. The molecule has 0 spiro atoms. The van der Waals surface area contributed by atoms with Gasteiger partial charge in [0.05, 0.1) is 12.2 Å². The van der Waals surface area contributed by atoms with Crippen molar-refractivity contribution in [3.05, 3.63) is 59.7 Å². The lowest BCUT2D eigenvalue weighted by Crippen LogP contribution is -2.46. The number of hydrogen-bond donors (Lipinski definition) is 2. The van der Waals surface area contributed by atoms with Crippen molar-refractivity contribution in [1.82, 2.24) is 5.32 Å². The first kappa shape index (κ1) is 25.2. The van der Waals surface area contributed by atoms with E-state index in [-0.39, 0.29) is 24.7 Å². The Morgan fingerprint density at radius 1 is 0.943 bits per heavy atom. The van der Waals surface area contributed by atoms with Gasteiger partial charge in [0.25, 0.3) is 0 Å². The second kappa shape index (κ2) is 10.8. The number of rotatable bonds is 8. The third-order valence-corrected chi connectivity index (χ3v) is 8.26. The normalized spacial score (nSPS) is 26.5. The van der Waals surface area contributed by atoms with Crippen LogP contribution in [0.1, 0.15) is 64.0 Å². The van der Waals surface area contributed by atoms with E-state index in [1.165, 1.54) is 0 Å². The highest BCUT2D eigenvalue weighted by molar-refractivity contribution is 5.81. The quantitative estimate of drug-likeness (QED) is 0.497. The summed E-state index contributed by atoms with van der Waals surface area (Å²) in [6.45, 7) is 8.93. The van der Waals surface area contributed by atoms with Crippen molar-refractivity contribution in [3.8, 4) is 11.1 Å². The number of benzene rings is 2. The number of carboxylic acids is 1. The van der Waals surface area contributed by atoms with Gasteiger partial charge in [-0.25, -0.2) is 9.59 Å². The van der Waals surface area contributed by atoms with Gasteiger partial charge < -0.3 is 19.9 Å². The highest BCUT2D eigenvalue weighted by Gasteiger charge is 2.38. The SMILES string of the molecule is CCC1O[C@@H](CC[C@H](NC(=O)OCC2c3ccccc3-c3ccccc32)C(=O)O)[C@H](C)[C@@H](C)C1C. The topological polar surface area (TPSA) is 84.9 Å². The van der Waals surface area contributed by atoms with Gasteiger partial charge in [0.15, 0.2) is 0 Å². The summed E-state index contributed by atoms with van der Waals surface area (Å²) < 4.78 is 11.9. The molecule has 1 aliphatic carbocycles. The molecule has 1 heterocycles. The van der Waals surface area contributed by atoms with Gasteiger partial charge in [-0.2, -0.15) is 0 Å². The van der Waals surface area contributed by atoms with E-state index in [0.29, 0.717) is 30.6 Å². The summed E-state index contributed by atoms with van der Waals surface area (Å²) in [5.41, 5.74) is 4.54. The Hall–Kier alpha value is -2.86. The first-order valence-electron chi connectivity index (χ1n) is 12.8. The summed E-state index contributed by atoms with van der Waals surface area (Å²) in [6.07, 6.45) is 1.28. The van der Waals surface area contributed by atoms with Crippen LogP contribution in [0.4, 0.5) is 4.79 Å². The maximum atomic E-state index is 12.6. The van der Waals surface area contributed by atoms with Crippen LogP contribution in [0.5, 0.6) is 0 Å². The molecule has 2 aliphatic rings. The highest BCUT2D eigenvalue weighted by atomic mass is 16.5. The van der Waals surface area contributed by atoms with Crippen LogP contribution in [0.25, 0.3) is 11.1 Å². The number of alkyl carbamates (subject to hydrolysis) is 1. The van der Waals surface area contributed by atoms with Crippen molar-refractivity contribution in [3.63, 3.8) is 0 Å². The molecular weight excluding hydrogens is 442 g/mol. The van der Waals surface area contributed by atoms with Crippen LogP contribution in [0.2, 0.25) is 0 Å². The standard InChI is InChI=1S/C29H37NO5/c1-5-26-18(3)17(2)19(4)27(35-26)15-14-25(28(31)32)30-29(33)34-16-24-22-12-8-6-10-20(22)21-11-7-9-13-23(21)24/h6-13,17-19,24-27H,5,14-16H2,1-4H3,(H,30,33)(H,31,32)/t17-,18?,19+,25-,26?,27-/m0/s1. The lowest BCUT2D eigenvalue weighted by Gasteiger charge is -2.44. The average molecular weight is 480 g/mol. The van der Waals surface area contributed by atoms with Crippen LogP contribution in [0.3, 0.4) is 0 Å². The van der Waals surface area contributed by atoms with Crippen LogP contribution >= 0.6 is 0 Å². The maximum absolute atomic E-state index is 12.6. The van der Waals surface area contributed by atoms with Crippen LogP contribution < -0.4 is 5.32 Å². The number of carboxylic acid groups (broad SMARTS) is 1. The zero-order chi connectivity index (χ0) is 25.1. The third-order valence-electron chi connectivity index (χ3n) is 8.26. The first-order chi connectivity index (χ1) is 16.8. The average Bonchev–Trinajstić information content (AvgIpc) is 3.18. The molecule has 1 fully saturated rings. The zero-order valence-corrected chi connectivity index (χ0v) is 21.1. The highest BCUT2D eigenvalue weighted by Crippen LogP contribution is 2.44. The van der Waals surface area contributed by atoms with E-state index in [9.17, 15) is 14.7 Å². The zero-order valence-electron chi connectivity index (χ0n) is 21.1. The molecule has 35 heavy (non-hydrogen) atoms. The van der Waals surface area contributed by atoms with Gasteiger partial charge in [0, 0.05) is 5.92 Å². The van der Waals surface area contributed by atoms with Crippen LogP contribution in [-0.4, -0.2) is 42.0 Å². The number of ether oxygens (including phenoxy) is 2. The fraction of sp³-hybridized carbons (Fsp3) is 0.517. The molecule has 1 aliphatic heterocycles. The van der Waals surface area contributed by atoms with Crippen LogP contribution in [0, 0.1) is 17.8 Å². The molecule has 6 heteroatoms. The number of nitrogens with one attached hydrogen (secondary N) is 1. The summed E-state index contributed by atoms with van der Waals surface area (Å²) in [7, 11) is 0. The molecule has 0 radical (unpaired) electrons. The molecule has 6 nitrogen and oxygen atoms in total. The van der Waals surface area contributed by atoms with E-state index in [1.807, 2.05) is 24.3 Å². The van der Waals surface area contributed by atoms with E-state index in [0.717, 1.165) is 28.7 Å². The number of fused-ring (bicyclic) bond motifs is 3. The molecule has 1 saturated heterocycles. The van der Waals surface area contributed by atoms with Crippen molar-refractivity contribution in [1.29, 1.82) is 0 Å². The van der Waals surface area contributed by atoms with Gasteiger partial charge in [-0.1, -0.05) is 76.2 Å². The molecule has 2 aromatic carbocycles. The lowest BCUT2D eigenvalue weighted by molar-refractivity contribution is -0.144. The molecule has 0 saturated carbocycles. The number of hydrogen-bond acceptors (Lipinski definition) is 4. The minimum Gasteiger partial charge on any atom is -0.480 e. The van der Waals surface area contributed by atoms with E-state index in [4.69, 9.17) is 9.47 Å². The molecule has 0 bridgehead atoms. The minimum absolute atomic E-state index is 0.0164. The largest absolute Gasteiger partial charge is 0.480 e. The summed E-state index contributed by atoms with van der Waals surface area (Å²) in [5.74, 6) is 0.173. The summed E-state index contributed by atoms with van der Waals surface area (Å²) >= 11 is 0. The molecule has 2 N–H and O–H groups in total. The van der Waals surface area contributed by atoms with E-state index in [1.54, 1.807) is 0 Å². The van der Waals surface area contributed by atoms with Crippen molar-refractivity contribution in [2.24, 2.45) is 17.8 Å².